The van der Waals surface area contributed by atoms with Crippen molar-refractivity contribution in [2.45, 2.75) is 11.0 Å². The summed E-state index contributed by atoms with van der Waals surface area (Å²) in [5.41, 5.74) is 5.91. The van der Waals surface area contributed by atoms with E-state index in [1.54, 1.807) is 12.1 Å². The van der Waals surface area contributed by atoms with Crippen molar-refractivity contribution < 1.29 is 22.7 Å². The molecule has 8 nitrogen and oxygen atoms in total. The van der Waals surface area contributed by atoms with Gasteiger partial charge in [-0.05, 0) is 52.9 Å². The van der Waals surface area contributed by atoms with Crippen LogP contribution in [-0.2, 0) is 14.8 Å². The molecule has 3 aromatic rings. The average molecular weight is 541 g/mol. The van der Waals surface area contributed by atoms with Crippen molar-refractivity contribution in [1.29, 1.82) is 0 Å². The summed E-state index contributed by atoms with van der Waals surface area (Å²) < 4.78 is 40.6. The van der Waals surface area contributed by atoms with E-state index in [0.717, 1.165) is 3.57 Å². The van der Waals surface area contributed by atoms with Crippen LogP contribution in [0.25, 0.3) is 10.9 Å². The first-order chi connectivity index (χ1) is 14.4. The summed E-state index contributed by atoms with van der Waals surface area (Å²) in [5, 5.41) is 0.444. The number of nitrogens with two attached hydrogens (primary N) is 1. The van der Waals surface area contributed by atoms with Crippen LogP contribution >= 0.6 is 22.6 Å². The zero-order valence-corrected chi connectivity index (χ0v) is 18.9. The molecule has 2 heterocycles. The van der Waals surface area contributed by atoms with E-state index in [2.05, 4.69) is 27.6 Å². The number of aromatic amines is 1. The largest absolute Gasteiger partial charge is 0.491 e. The van der Waals surface area contributed by atoms with Crippen molar-refractivity contribution in [2.24, 2.45) is 5.73 Å². The maximum atomic E-state index is 13.5. The van der Waals surface area contributed by atoms with Crippen molar-refractivity contribution in [3.05, 3.63) is 57.8 Å². The average Bonchev–Trinajstić information content (AvgIpc) is 3.13. The molecule has 1 atom stereocenters. The van der Waals surface area contributed by atoms with Crippen molar-refractivity contribution in [2.75, 3.05) is 26.3 Å². The van der Waals surface area contributed by atoms with E-state index in [9.17, 15) is 13.2 Å². The molecule has 30 heavy (non-hydrogen) atoms. The van der Waals surface area contributed by atoms with Gasteiger partial charge in [0.25, 0.3) is 5.91 Å². The second kappa shape index (κ2) is 8.53. The molecule has 1 aliphatic rings. The minimum atomic E-state index is -3.99. The topological polar surface area (TPSA) is 115 Å². The van der Waals surface area contributed by atoms with E-state index in [4.69, 9.17) is 15.2 Å². The highest BCUT2D eigenvalue weighted by Crippen LogP contribution is 2.31. The molecule has 1 aromatic heterocycles. The summed E-state index contributed by atoms with van der Waals surface area (Å²) in [7, 11) is -3.99. The molecule has 0 saturated carbocycles. The number of morpholine rings is 1. The summed E-state index contributed by atoms with van der Waals surface area (Å²) in [4.78, 5) is 14.8. The van der Waals surface area contributed by atoms with Crippen molar-refractivity contribution in [3.8, 4) is 5.75 Å². The Morgan fingerprint density at radius 3 is 2.77 bits per heavy atom. The number of carbonyl (C=O) groups excluding carboxylic acids is 1. The first-order valence-corrected chi connectivity index (χ1v) is 11.8. The van der Waals surface area contributed by atoms with Crippen LogP contribution in [0.3, 0.4) is 0 Å². The summed E-state index contributed by atoms with van der Waals surface area (Å²) in [6.45, 7) is 0.737. The molecule has 1 amide bonds. The number of benzene rings is 2. The van der Waals surface area contributed by atoms with E-state index >= 15 is 0 Å². The Hall–Kier alpha value is -2.15. The standard InChI is InChI=1S/C20H20IN3O5S/c21-13-6-7-17-16(10-13)19(18(23-17)20(22)25)30(26,27)24-8-9-28-15(11-24)12-29-14-4-2-1-3-5-14/h1-7,10,15,23H,8-9,11-12H2,(H2,22,25)/t15-/m0/s1. The number of primary amides is 1. The predicted octanol–water partition coefficient (Wildman–Crippen LogP) is 2.34. The normalized spacial score (nSPS) is 17.8. The van der Waals surface area contributed by atoms with E-state index < -0.39 is 22.0 Å². The van der Waals surface area contributed by atoms with E-state index in [1.807, 2.05) is 36.4 Å². The number of nitrogens with zero attached hydrogens (tertiary/aromatic N) is 1. The number of sulfonamides is 1. The van der Waals surface area contributed by atoms with Crippen LogP contribution in [0.15, 0.2) is 53.4 Å². The van der Waals surface area contributed by atoms with Crippen molar-refractivity contribution in [3.63, 3.8) is 0 Å². The lowest BCUT2D eigenvalue weighted by molar-refractivity contribution is -0.0249. The minimum Gasteiger partial charge on any atom is -0.491 e. The lowest BCUT2D eigenvalue weighted by atomic mass is 10.2. The van der Waals surface area contributed by atoms with Gasteiger partial charge in [0.15, 0.2) is 0 Å². The molecular weight excluding hydrogens is 521 g/mol. The van der Waals surface area contributed by atoms with Crippen molar-refractivity contribution >= 4 is 49.4 Å². The van der Waals surface area contributed by atoms with Gasteiger partial charge in [-0.2, -0.15) is 4.31 Å². The molecule has 0 aliphatic carbocycles. The zero-order valence-electron chi connectivity index (χ0n) is 15.9. The Kier molecular flexibility index (Phi) is 6.00. The second-order valence-corrected chi connectivity index (χ2v) is 9.98. The molecule has 0 radical (unpaired) electrons. The number of aromatic nitrogens is 1. The molecule has 1 saturated heterocycles. The number of ether oxygens (including phenoxy) is 2. The van der Waals surface area contributed by atoms with Crippen LogP contribution < -0.4 is 10.5 Å². The third-order valence-corrected chi connectivity index (χ3v) is 7.46. The molecular formula is C20H20IN3O5S. The molecule has 0 spiro atoms. The fourth-order valence-corrected chi connectivity index (χ4v) is 5.71. The molecule has 0 bridgehead atoms. The lowest BCUT2D eigenvalue weighted by Gasteiger charge is -2.32. The Morgan fingerprint density at radius 1 is 1.27 bits per heavy atom. The molecule has 0 unspecified atom stereocenters. The van der Waals surface area contributed by atoms with Gasteiger partial charge in [0.05, 0.1) is 6.61 Å². The van der Waals surface area contributed by atoms with Crippen LogP contribution in [0.1, 0.15) is 10.5 Å². The molecule has 4 rings (SSSR count). The van der Waals surface area contributed by atoms with Crippen LogP contribution in [0.4, 0.5) is 0 Å². The second-order valence-electron chi connectivity index (χ2n) is 6.86. The highest BCUT2D eigenvalue weighted by atomic mass is 127. The number of para-hydroxylation sites is 1. The summed E-state index contributed by atoms with van der Waals surface area (Å²) >= 11 is 2.10. The number of rotatable bonds is 6. The molecule has 2 aromatic carbocycles. The predicted molar refractivity (Wildman–Crippen MR) is 120 cm³/mol. The van der Waals surface area contributed by atoms with Gasteiger partial charge in [0, 0.05) is 27.6 Å². The van der Waals surface area contributed by atoms with Gasteiger partial charge < -0.3 is 20.2 Å². The van der Waals surface area contributed by atoms with Crippen molar-refractivity contribution in [1.82, 2.24) is 9.29 Å². The lowest BCUT2D eigenvalue weighted by Crippen LogP contribution is -2.47. The van der Waals surface area contributed by atoms with Gasteiger partial charge in [-0.1, -0.05) is 18.2 Å². The first-order valence-electron chi connectivity index (χ1n) is 9.27. The Bertz CT molecular complexity index is 1180. The zero-order chi connectivity index (χ0) is 21.3. The summed E-state index contributed by atoms with van der Waals surface area (Å²) in [5.74, 6) is -0.139. The minimum absolute atomic E-state index is 0.0897. The number of H-pyrrole nitrogens is 1. The number of carbonyl (C=O) groups is 1. The van der Waals surface area contributed by atoms with E-state index in [1.165, 1.54) is 4.31 Å². The summed E-state index contributed by atoms with van der Waals surface area (Å²) in [6, 6.07) is 14.5. The number of nitrogens with one attached hydrogen (secondary N) is 1. The van der Waals surface area contributed by atoms with E-state index in [0.29, 0.717) is 16.7 Å². The van der Waals surface area contributed by atoms with E-state index in [-0.39, 0.29) is 36.9 Å². The fraction of sp³-hybridized carbons (Fsp3) is 0.250. The quantitative estimate of drug-likeness (QED) is 0.465. The Morgan fingerprint density at radius 2 is 2.03 bits per heavy atom. The van der Waals surface area contributed by atoms with Gasteiger partial charge in [-0.15, -0.1) is 0 Å². The number of amides is 1. The highest BCUT2D eigenvalue weighted by molar-refractivity contribution is 14.1. The summed E-state index contributed by atoms with van der Waals surface area (Å²) in [6.07, 6.45) is -0.434. The third kappa shape index (κ3) is 4.17. The SMILES string of the molecule is NC(=O)c1[nH]c2ccc(I)cc2c1S(=O)(=O)N1CCO[C@H](COc2ccccc2)C1. The van der Waals surface area contributed by atoms with Gasteiger partial charge in [0.1, 0.15) is 29.0 Å². The molecule has 158 valence electrons. The maximum absolute atomic E-state index is 13.5. The number of halogens is 1. The monoisotopic (exact) mass is 541 g/mol. The highest BCUT2D eigenvalue weighted by Gasteiger charge is 2.36. The van der Waals surface area contributed by atoms with Crippen LogP contribution in [0.5, 0.6) is 5.75 Å². The Labute approximate surface area is 187 Å². The van der Waals surface area contributed by atoms with Crippen LogP contribution in [0, 0.1) is 3.57 Å². The maximum Gasteiger partial charge on any atom is 0.266 e. The Balaban J connectivity index is 1.62. The first kappa shape index (κ1) is 21.1. The van der Waals surface area contributed by atoms with Crippen LogP contribution in [-0.4, -0.2) is 56.0 Å². The fourth-order valence-electron chi connectivity index (χ4n) is 3.43. The third-order valence-electron chi connectivity index (χ3n) is 4.84. The number of hydrogen-bond donors (Lipinski definition) is 2. The smallest absolute Gasteiger partial charge is 0.266 e. The van der Waals surface area contributed by atoms with Crippen LogP contribution in [0.2, 0.25) is 0 Å². The molecule has 3 N–H and O–H groups in total. The van der Waals surface area contributed by atoms with Gasteiger partial charge >= 0.3 is 0 Å². The molecule has 1 fully saturated rings. The number of fused-ring (bicyclic) bond motifs is 1. The van der Waals surface area contributed by atoms with Gasteiger partial charge in [-0.25, -0.2) is 8.42 Å². The molecule has 10 heteroatoms. The van der Waals surface area contributed by atoms with Gasteiger partial charge in [-0.3, -0.25) is 4.79 Å². The number of hydrogen-bond acceptors (Lipinski definition) is 5. The molecule has 1 aliphatic heterocycles. The van der Waals surface area contributed by atoms with Gasteiger partial charge in [0.2, 0.25) is 10.0 Å².